The third-order valence-electron chi connectivity index (χ3n) is 1.78. The summed E-state index contributed by atoms with van der Waals surface area (Å²) < 4.78 is 8.99. The number of carboxylic acid groups (broad SMARTS) is 1. The summed E-state index contributed by atoms with van der Waals surface area (Å²) in [5, 5.41) is 13.2. The lowest BCUT2D eigenvalue weighted by molar-refractivity contribution is -0.141. The van der Waals surface area contributed by atoms with Crippen molar-refractivity contribution in [1.29, 1.82) is 0 Å². The monoisotopic (exact) mass is 248 g/mol. The quantitative estimate of drug-likeness (QED) is 0.495. The second-order valence-corrected chi connectivity index (χ2v) is 3.07. The Kier molecular flexibility index (Phi) is 7.44. The van der Waals surface area contributed by atoms with Gasteiger partial charge in [-0.15, -0.1) is 0 Å². The Morgan fingerprint density at radius 3 is 2.41 bits per heavy atom. The molecule has 0 aromatic heterocycles. The Balaban J connectivity index is 3.90. The van der Waals surface area contributed by atoms with Gasteiger partial charge in [-0.25, -0.2) is 9.59 Å². The van der Waals surface area contributed by atoms with E-state index in [4.69, 9.17) is 5.11 Å². The van der Waals surface area contributed by atoms with Gasteiger partial charge in [0, 0.05) is 13.7 Å². The molecule has 0 bridgehead atoms. The van der Waals surface area contributed by atoms with Crippen LogP contribution in [0.2, 0.25) is 0 Å². The summed E-state index contributed by atoms with van der Waals surface area (Å²) in [5.41, 5.74) is 0. The Morgan fingerprint density at radius 1 is 1.29 bits per heavy atom. The van der Waals surface area contributed by atoms with E-state index in [1.165, 1.54) is 14.2 Å². The average Bonchev–Trinajstić information content (AvgIpc) is 2.28. The first-order valence-electron chi connectivity index (χ1n) is 4.84. The van der Waals surface area contributed by atoms with Gasteiger partial charge in [-0.3, -0.25) is 4.79 Å². The number of amides is 2. The molecule has 3 N–H and O–H groups in total. The first kappa shape index (κ1) is 15.2. The molecule has 0 saturated carbocycles. The molecule has 0 aliphatic rings. The molecular formula is C9H16N2O6. The molecule has 1 atom stereocenters. The van der Waals surface area contributed by atoms with Gasteiger partial charge in [-0.2, -0.15) is 0 Å². The predicted molar refractivity (Wildman–Crippen MR) is 56.5 cm³/mol. The molecule has 8 heteroatoms. The van der Waals surface area contributed by atoms with Crippen LogP contribution in [0.15, 0.2) is 0 Å². The maximum Gasteiger partial charge on any atom is 0.328 e. The van der Waals surface area contributed by atoms with Gasteiger partial charge in [0.05, 0.1) is 20.1 Å². The van der Waals surface area contributed by atoms with E-state index in [9.17, 15) is 14.4 Å². The van der Waals surface area contributed by atoms with E-state index in [1.54, 1.807) is 0 Å². The van der Waals surface area contributed by atoms with Crippen molar-refractivity contribution in [3.05, 3.63) is 0 Å². The zero-order chi connectivity index (χ0) is 13.3. The highest BCUT2D eigenvalue weighted by Gasteiger charge is 2.19. The van der Waals surface area contributed by atoms with Crippen LogP contribution < -0.4 is 10.6 Å². The first-order valence-corrected chi connectivity index (χ1v) is 4.84. The van der Waals surface area contributed by atoms with Crippen molar-refractivity contribution in [1.82, 2.24) is 10.6 Å². The molecule has 8 nitrogen and oxygen atoms in total. The Labute approximate surface area is 98.3 Å². The molecule has 1 unspecified atom stereocenters. The van der Waals surface area contributed by atoms with E-state index in [-0.39, 0.29) is 19.6 Å². The molecule has 0 spiro atoms. The van der Waals surface area contributed by atoms with Crippen LogP contribution in [0.1, 0.15) is 6.42 Å². The number of hydrogen-bond donors (Lipinski definition) is 3. The molecular weight excluding hydrogens is 232 g/mol. The van der Waals surface area contributed by atoms with Crippen LogP contribution in [0.25, 0.3) is 0 Å². The summed E-state index contributed by atoms with van der Waals surface area (Å²) in [6, 6.07) is -1.81. The summed E-state index contributed by atoms with van der Waals surface area (Å²) in [7, 11) is 2.56. The molecule has 0 aromatic carbocycles. The second kappa shape index (κ2) is 8.34. The van der Waals surface area contributed by atoms with Crippen molar-refractivity contribution in [2.75, 3.05) is 27.4 Å². The van der Waals surface area contributed by atoms with Gasteiger partial charge >= 0.3 is 18.0 Å². The zero-order valence-corrected chi connectivity index (χ0v) is 9.69. The van der Waals surface area contributed by atoms with Crippen molar-refractivity contribution in [3.63, 3.8) is 0 Å². The largest absolute Gasteiger partial charge is 0.480 e. The van der Waals surface area contributed by atoms with Gasteiger partial charge in [0.25, 0.3) is 0 Å². The van der Waals surface area contributed by atoms with Gasteiger partial charge in [0.2, 0.25) is 0 Å². The smallest absolute Gasteiger partial charge is 0.328 e. The topological polar surface area (TPSA) is 114 Å². The number of ether oxygens (including phenoxy) is 2. The zero-order valence-electron chi connectivity index (χ0n) is 9.69. The number of carbonyl (C=O) groups is 3. The SMILES string of the molecule is COCC(NC(=O)NCCC(=O)OC)C(=O)O. The number of esters is 1. The number of nitrogens with one attached hydrogen (secondary N) is 2. The third kappa shape index (κ3) is 7.12. The van der Waals surface area contributed by atoms with E-state index in [2.05, 4.69) is 20.1 Å². The van der Waals surface area contributed by atoms with Gasteiger partial charge < -0.3 is 25.2 Å². The molecule has 0 radical (unpaired) electrons. The van der Waals surface area contributed by atoms with Crippen LogP contribution in [0.5, 0.6) is 0 Å². The van der Waals surface area contributed by atoms with Gasteiger partial charge in [-0.05, 0) is 0 Å². The van der Waals surface area contributed by atoms with Gasteiger partial charge in [-0.1, -0.05) is 0 Å². The maximum absolute atomic E-state index is 11.2. The Hall–Kier alpha value is -1.83. The van der Waals surface area contributed by atoms with Crippen LogP contribution in [0.4, 0.5) is 4.79 Å². The molecule has 0 saturated heterocycles. The summed E-state index contributed by atoms with van der Waals surface area (Å²) in [6.45, 7) is -0.0718. The molecule has 0 aromatic rings. The van der Waals surface area contributed by atoms with Crippen LogP contribution >= 0.6 is 0 Å². The van der Waals surface area contributed by atoms with Crippen molar-refractivity contribution >= 4 is 18.0 Å². The van der Waals surface area contributed by atoms with Crippen molar-refractivity contribution < 1.29 is 29.0 Å². The van der Waals surface area contributed by atoms with Crippen LogP contribution in [0.3, 0.4) is 0 Å². The highest BCUT2D eigenvalue weighted by molar-refractivity contribution is 5.82. The molecule has 0 aliphatic heterocycles. The lowest BCUT2D eigenvalue weighted by Crippen LogP contribution is -2.48. The number of methoxy groups -OCH3 is 2. The minimum atomic E-state index is -1.20. The average molecular weight is 248 g/mol. The summed E-state index contributed by atoms with van der Waals surface area (Å²) >= 11 is 0. The van der Waals surface area contributed by atoms with E-state index < -0.39 is 24.0 Å². The summed E-state index contributed by atoms with van der Waals surface area (Å²) in [4.78, 5) is 32.6. The molecule has 98 valence electrons. The fourth-order valence-electron chi connectivity index (χ4n) is 0.931. The number of hydrogen-bond acceptors (Lipinski definition) is 5. The minimum Gasteiger partial charge on any atom is -0.480 e. The molecule has 0 fully saturated rings. The lowest BCUT2D eigenvalue weighted by atomic mass is 10.3. The number of rotatable bonds is 7. The standard InChI is InChI=1S/C9H16N2O6/c1-16-5-6(8(13)14)11-9(15)10-4-3-7(12)17-2/h6H,3-5H2,1-2H3,(H,13,14)(H2,10,11,15). The van der Waals surface area contributed by atoms with Crippen LogP contribution in [-0.2, 0) is 19.1 Å². The van der Waals surface area contributed by atoms with E-state index >= 15 is 0 Å². The molecule has 0 heterocycles. The maximum atomic E-state index is 11.2. The van der Waals surface area contributed by atoms with Crippen molar-refractivity contribution in [2.24, 2.45) is 0 Å². The fourth-order valence-corrected chi connectivity index (χ4v) is 0.931. The summed E-state index contributed by atoms with van der Waals surface area (Å²) in [6.07, 6.45) is 0.0198. The molecule has 17 heavy (non-hydrogen) atoms. The predicted octanol–water partition coefficient (Wildman–Crippen LogP) is -1.05. The molecule has 0 rings (SSSR count). The van der Waals surface area contributed by atoms with Crippen LogP contribution in [-0.4, -0.2) is 56.5 Å². The van der Waals surface area contributed by atoms with E-state index in [0.717, 1.165) is 0 Å². The van der Waals surface area contributed by atoms with Crippen molar-refractivity contribution in [3.8, 4) is 0 Å². The van der Waals surface area contributed by atoms with Crippen molar-refractivity contribution in [2.45, 2.75) is 12.5 Å². The molecule has 2 amide bonds. The van der Waals surface area contributed by atoms with Gasteiger partial charge in [0.15, 0.2) is 6.04 Å². The normalized spacial score (nSPS) is 11.4. The van der Waals surface area contributed by atoms with E-state index in [1.807, 2.05) is 0 Å². The van der Waals surface area contributed by atoms with Gasteiger partial charge in [0.1, 0.15) is 0 Å². The number of carbonyl (C=O) groups excluding carboxylic acids is 2. The Bertz CT molecular complexity index is 281. The highest BCUT2D eigenvalue weighted by Crippen LogP contribution is 1.86. The fraction of sp³-hybridized carbons (Fsp3) is 0.667. The number of aliphatic carboxylic acids is 1. The second-order valence-electron chi connectivity index (χ2n) is 3.07. The third-order valence-corrected chi connectivity index (χ3v) is 1.78. The first-order chi connectivity index (χ1) is 8.01. The molecule has 0 aliphatic carbocycles. The highest BCUT2D eigenvalue weighted by atomic mass is 16.5. The lowest BCUT2D eigenvalue weighted by Gasteiger charge is -2.13. The Morgan fingerprint density at radius 2 is 1.94 bits per heavy atom. The summed E-state index contributed by atoms with van der Waals surface area (Å²) in [5.74, 6) is -1.66. The number of urea groups is 1. The van der Waals surface area contributed by atoms with E-state index in [0.29, 0.717) is 0 Å². The number of carboxylic acids is 1. The minimum absolute atomic E-state index is 0.0198. The van der Waals surface area contributed by atoms with Crippen LogP contribution in [0, 0.1) is 0 Å².